The maximum atomic E-state index is 10.7. The molecular weight excluding hydrogens is 190 g/mol. The molecule has 0 saturated heterocycles. The zero-order chi connectivity index (χ0) is 11.5. The number of rotatable bonds is 3. The minimum Gasteiger partial charge on any atom is -0.497 e. The molecule has 0 fully saturated rings. The van der Waals surface area contributed by atoms with E-state index in [1.807, 2.05) is 6.07 Å². The molecule has 0 aliphatic carbocycles. The van der Waals surface area contributed by atoms with E-state index in [0.29, 0.717) is 11.3 Å². The van der Waals surface area contributed by atoms with E-state index < -0.39 is 0 Å². The number of ether oxygens (including phenoxy) is 1. The first kappa shape index (κ1) is 11.6. The highest BCUT2D eigenvalue weighted by Gasteiger charge is 2.10. The first-order valence-electron chi connectivity index (χ1n) is 4.87. The zero-order valence-electron chi connectivity index (χ0n) is 9.63. The number of anilines is 1. The van der Waals surface area contributed by atoms with Crippen LogP contribution in [0.15, 0.2) is 18.2 Å². The monoisotopic (exact) mass is 207 g/mol. The van der Waals surface area contributed by atoms with Crippen molar-refractivity contribution in [2.75, 3.05) is 12.4 Å². The standard InChI is InChI=1S/C12H17NO2/c1-12(2,3)13-10-5-9(8-14)6-11(7-10)15-4/h5-8,13H,1-4H3. The Morgan fingerprint density at radius 1 is 1.27 bits per heavy atom. The Morgan fingerprint density at radius 3 is 2.40 bits per heavy atom. The molecule has 15 heavy (non-hydrogen) atoms. The Hall–Kier alpha value is -1.51. The maximum absolute atomic E-state index is 10.7. The maximum Gasteiger partial charge on any atom is 0.150 e. The van der Waals surface area contributed by atoms with Crippen LogP contribution in [0.1, 0.15) is 31.1 Å². The Kier molecular flexibility index (Phi) is 3.35. The number of methoxy groups -OCH3 is 1. The third-order valence-electron chi connectivity index (χ3n) is 1.82. The summed E-state index contributed by atoms with van der Waals surface area (Å²) in [6, 6.07) is 5.39. The van der Waals surface area contributed by atoms with Gasteiger partial charge in [-0.25, -0.2) is 0 Å². The summed E-state index contributed by atoms with van der Waals surface area (Å²) in [6.07, 6.45) is 0.816. The highest BCUT2D eigenvalue weighted by Crippen LogP contribution is 2.22. The SMILES string of the molecule is COc1cc(C=O)cc(NC(C)(C)C)c1. The fourth-order valence-corrected chi connectivity index (χ4v) is 1.31. The Labute approximate surface area is 90.4 Å². The Morgan fingerprint density at radius 2 is 1.93 bits per heavy atom. The molecule has 0 bridgehead atoms. The number of hydrogen-bond donors (Lipinski definition) is 1. The van der Waals surface area contributed by atoms with Gasteiger partial charge < -0.3 is 10.1 Å². The number of carbonyl (C=O) groups excluding carboxylic acids is 1. The summed E-state index contributed by atoms with van der Waals surface area (Å²) in [6.45, 7) is 6.19. The van der Waals surface area contributed by atoms with Crippen molar-refractivity contribution >= 4 is 12.0 Å². The van der Waals surface area contributed by atoms with Gasteiger partial charge in [0.05, 0.1) is 7.11 Å². The van der Waals surface area contributed by atoms with Gasteiger partial charge in [-0.3, -0.25) is 4.79 Å². The van der Waals surface area contributed by atoms with E-state index in [-0.39, 0.29) is 5.54 Å². The first-order valence-corrected chi connectivity index (χ1v) is 4.87. The lowest BCUT2D eigenvalue weighted by Crippen LogP contribution is -2.26. The second-order valence-electron chi connectivity index (χ2n) is 4.49. The molecule has 1 aromatic carbocycles. The van der Waals surface area contributed by atoms with Crippen LogP contribution in [0, 0.1) is 0 Å². The predicted octanol–water partition coefficient (Wildman–Crippen LogP) is 2.72. The second-order valence-corrected chi connectivity index (χ2v) is 4.49. The van der Waals surface area contributed by atoms with Crippen LogP contribution in [0.5, 0.6) is 5.75 Å². The van der Waals surface area contributed by atoms with Crippen LogP contribution in [0.4, 0.5) is 5.69 Å². The number of benzene rings is 1. The van der Waals surface area contributed by atoms with Gasteiger partial charge in [0.2, 0.25) is 0 Å². The molecule has 1 aromatic rings. The highest BCUT2D eigenvalue weighted by molar-refractivity contribution is 5.78. The van der Waals surface area contributed by atoms with E-state index in [2.05, 4.69) is 26.1 Å². The predicted molar refractivity (Wildman–Crippen MR) is 61.8 cm³/mol. The first-order chi connectivity index (χ1) is 6.94. The highest BCUT2D eigenvalue weighted by atomic mass is 16.5. The fraction of sp³-hybridized carbons (Fsp3) is 0.417. The van der Waals surface area contributed by atoms with Crippen molar-refractivity contribution < 1.29 is 9.53 Å². The Balaban J connectivity index is 3.02. The minimum absolute atomic E-state index is 0.0352. The molecule has 0 amide bonds. The molecule has 0 aliphatic heterocycles. The lowest BCUT2D eigenvalue weighted by molar-refractivity contribution is 0.112. The van der Waals surface area contributed by atoms with Gasteiger partial charge in [-0.15, -0.1) is 0 Å². The van der Waals surface area contributed by atoms with Gasteiger partial charge in [-0.05, 0) is 32.9 Å². The number of hydrogen-bond acceptors (Lipinski definition) is 3. The van der Waals surface area contributed by atoms with Crippen LogP contribution in [-0.2, 0) is 0 Å². The van der Waals surface area contributed by atoms with Gasteiger partial charge in [0.25, 0.3) is 0 Å². The summed E-state index contributed by atoms with van der Waals surface area (Å²) in [7, 11) is 1.59. The quantitative estimate of drug-likeness (QED) is 0.774. The van der Waals surface area contributed by atoms with Crippen LogP contribution in [0.25, 0.3) is 0 Å². The molecule has 3 nitrogen and oxygen atoms in total. The van der Waals surface area contributed by atoms with Gasteiger partial charge in [0.1, 0.15) is 12.0 Å². The average molecular weight is 207 g/mol. The molecule has 1 N–H and O–H groups in total. The molecule has 0 aromatic heterocycles. The summed E-state index contributed by atoms with van der Waals surface area (Å²) in [5, 5.41) is 3.29. The van der Waals surface area contributed by atoms with Crippen molar-refractivity contribution in [1.29, 1.82) is 0 Å². The summed E-state index contributed by atoms with van der Waals surface area (Å²) in [4.78, 5) is 10.7. The fourth-order valence-electron chi connectivity index (χ4n) is 1.31. The van der Waals surface area contributed by atoms with Crippen molar-refractivity contribution in [2.45, 2.75) is 26.3 Å². The van der Waals surface area contributed by atoms with Crippen LogP contribution in [0.3, 0.4) is 0 Å². The van der Waals surface area contributed by atoms with Crippen molar-refractivity contribution in [2.24, 2.45) is 0 Å². The summed E-state index contributed by atoms with van der Waals surface area (Å²) >= 11 is 0. The normalized spacial score (nSPS) is 10.9. The summed E-state index contributed by atoms with van der Waals surface area (Å²) in [5.74, 6) is 0.686. The van der Waals surface area contributed by atoms with Crippen molar-refractivity contribution in [3.05, 3.63) is 23.8 Å². The average Bonchev–Trinajstić information content (AvgIpc) is 2.14. The van der Waals surface area contributed by atoms with Crippen LogP contribution < -0.4 is 10.1 Å². The smallest absolute Gasteiger partial charge is 0.150 e. The molecule has 0 unspecified atom stereocenters. The topological polar surface area (TPSA) is 38.3 Å². The lowest BCUT2D eigenvalue weighted by Gasteiger charge is -2.22. The molecule has 0 saturated carbocycles. The number of aldehydes is 1. The van der Waals surface area contributed by atoms with E-state index in [9.17, 15) is 4.79 Å². The van der Waals surface area contributed by atoms with Gasteiger partial charge in [-0.2, -0.15) is 0 Å². The molecule has 0 aliphatic rings. The van der Waals surface area contributed by atoms with Gasteiger partial charge in [0, 0.05) is 22.9 Å². The molecule has 1 rings (SSSR count). The lowest BCUT2D eigenvalue weighted by atomic mass is 10.1. The van der Waals surface area contributed by atoms with Gasteiger partial charge in [0.15, 0.2) is 0 Å². The van der Waals surface area contributed by atoms with E-state index in [1.54, 1.807) is 19.2 Å². The van der Waals surface area contributed by atoms with E-state index in [4.69, 9.17) is 4.74 Å². The molecule has 0 heterocycles. The zero-order valence-corrected chi connectivity index (χ0v) is 9.63. The number of nitrogens with one attached hydrogen (secondary N) is 1. The Bertz CT molecular complexity index is 353. The minimum atomic E-state index is -0.0352. The molecule has 3 heteroatoms. The van der Waals surface area contributed by atoms with Crippen LogP contribution in [-0.4, -0.2) is 18.9 Å². The molecule has 0 spiro atoms. The molecular formula is C12H17NO2. The van der Waals surface area contributed by atoms with E-state index >= 15 is 0 Å². The van der Waals surface area contributed by atoms with E-state index in [0.717, 1.165) is 12.0 Å². The molecule has 0 atom stereocenters. The summed E-state index contributed by atoms with van der Waals surface area (Å²) in [5.41, 5.74) is 1.47. The number of carbonyl (C=O) groups is 1. The molecule has 82 valence electrons. The van der Waals surface area contributed by atoms with Crippen molar-refractivity contribution in [3.63, 3.8) is 0 Å². The van der Waals surface area contributed by atoms with Gasteiger partial charge in [-0.1, -0.05) is 0 Å². The third-order valence-corrected chi connectivity index (χ3v) is 1.82. The van der Waals surface area contributed by atoms with Crippen molar-refractivity contribution in [1.82, 2.24) is 0 Å². The second kappa shape index (κ2) is 4.34. The van der Waals surface area contributed by atoms with Crippen LogP contribution >= 0.6 is 0 Å². The van der Waals surface area contributed by atoms with Crippen LogP contribution in [0.2, 0.25) is 0 Å². The van der Waals surface area contributed by atoms with Crippen molar-refractivity contribution in [3.8, 4) is 5.75 Å². The van der Waals surface area contributed by atoms with Gasteiger partial charge >= 0.3 is 0 Å². The van der Waals surface area contributed by atoms with E-state index in [1.165, 1.54) is 0 Å². The summed E-state index contributed by atoms with van der Waals surface area (Å²) < 4.78 is 5.11. The molecule has 0 radical (unpaired) electrons. The largest absolute Gasteiger partial charge is 0.497 e. The third kappa shape index (κ3) is 3.62.